The molecule has 1 heterocycles. The first-order valence-corrected chi connectivity index (χ1v) is 11.9. The lowest BCUT2D eigenvalue weighted by Gasteiger charge is -2.32. The highest BCUT2D eigenvalue weighted by atomic mass is 19.2. The number of rotatable bonds is 7. The molecule has 1 fully saturated rings. The third-order valence-corrected chi connectivity index (χ3v) is 6.51. The zero-order chi connectivity index (χ0) is 24.9. The Morgan fingerprint density at radius 3 is 2.26 bits per heavy atom. The maximum atomic E-state index is 15.0. The largest absolute Gasteiger partial charge is 0.462 e. The normalized spacial score (nSPS) is 19.1. The van der Waals surface area contributed by atoms with Crippen LogP contribution < -0.4 is 4.74 Å². The van der Waals surface area contributed by atoms with Crippen molar-refractivity contribution in [2.45, 2.75) is 51.2 Å². The van der Waals surface area contributed by atoms with Crippen molar-refractivity contribution >= 4 is 0 Å². The van der Waals surface area contributed by atoms with Crippen LogP contribution in [0.2, 0.25) is 0 Å². The molecule has 3 atom stereocenters. The number of aliphatic hydroxyl groups is 1. The molecule has 1 aliphatic heterocycles. The van der Waals surface area contributed by atoms with Gasteiger partial charge < -0.3 is 14.6 Å². The molecular weight excluding hydrogens is 453 g/mol. The van der Waals surface area contributed by atoms with Crippen molar-refractivity contribution in [3.05, 3.63) is 90.0 Å². The van der Waals surface area contributed by atoms with Crippen molar-refractivity contribution in [3.63, 3.8) is 0 Å². The smallest absolute Gasteiger partial charge is 0.201 e. The number of hydrogen-bond acceptors (Lipinski definition) is 3. The molecule has 0 aliphatic carbocycles. The van der Waals surface area contributed by atoms with E-state index in [0.717, 1.165) is 18.4 Å². The summed E-state index contributed by atoms with van der Waals surface area (Å²) in [5, 5.41) is 9.98. The molecule has 0 aromatic heterocycles. The van der Waals surface area contributed by atoms with Crippen LogP contribution in [-0.4, -0.2) is 23.9 Å². The lowest BCUT2D eigenvalue weighted by Crippen LogP contribution is -2.34. The third-order valence-electron chi connectivity index (χ3n) is 6.51. The fraction of sp³-hybridized carbons (Fsp3) is 0.310. The van der Waals surface area contributed by atoms with Gasteiger partial charge in [0.05, 0.1) is 25.1 Å². The molecule has 0 spiro atoms. The summed E-state index contributed by atoms with van der Waals surface area (Å²) in [7, 11) is 0. The summed E-state index contributed by atoms with van der Waals surface area (Å²) >= 11 is 0. The third kappa shape index (κ3) is 5.44. The molecule has 0 bridgehead atoms. The molecule has 1 aliphatic rings. The second-order valence-electron chi connectivity index (χ2n) is 8.76. The zero-order valence-electron chi connectivity index (χ0n) is 19.8. The lowest BCUT2D eigenvalue weighted by atomic mass is 9.88. The molecule has 184 valence electrons. The average Bonchev–Trinajstić information content (AvgIpc) is 2.89. The molecule has 0 saturated carbocycles. The van der Waals surface area contributed by atoms with Crippen molar-refractivity contribution < 1.29 is 27.8 Å². The Balaban J connectivity index is 1.50. The van der Waals surface area contributed by atoms with Gasteiger partial charge in [0, 0.05) is 17.0 Å². The standard InChI is InChI=1S/C29H29F3O3/c1-3-15-34-27-14-12-23(28(31)29(27)32)19-7-5-18(6-8-19)22-11-9-20(16-24(22)30)21-10-13-26(35-17-21)25(33)4-2/h3,5-9,11-12,14-16,21,25-26,33H,4,10,13,17H2,1-2H3/b15-3-. The van der Waals surface area contributed by atoms with Gasteiger partial charge in [-0.1, -0.05) is 49.4 Å². The van der Waals surface area contributed by atoms with Crippen molar-refractivity contribution in [3.8, 4) is 28.0 Å². The first-order chi connectivity index (χ1) is 16.9. The maximum Gasteiger partial charge on any atom is 0.201 e. The second-order valence-corrected chi connectivity index (χ2v) is 8.76. The van der Waals surface area contributed by atoms with E-state index in [-0.39, 0.29) is 29.2 Å². The van der Waals surface area contributed by atoms with Gasteiger partial charge in [-0.3, -0.25) is 0 Å². The molecule has 3 aromatic rings. The average molecular weight is 483 g/mol. The van der Waals surface area contributed by atoms with Crippen LogP contribution in [0.5, 0.6) is 5.75 Å². The van der Waals surface area contributed by atoms with E-state index in [4.69, 9.17) is 9.47 Å². The Hall–Kier alpha value is -3.09. The molecule has 0 radical (unpaired) electrons. The van der Waals surface area contributed by atoms with Crippen LogP contribution in [0, 0.1) is 17.5 Å². The van der Waals surface area contributed by atoms with E-state index in [1.165, 1.54) is 24.5 Å². The van der Waals surface area contributed by atoms with Crippen molar-refractivity contribution in [2.24, 2.45) is 0 Å². The SMILES string of the molecule is C/C=C\Oc1ccc(-c2ccc(-c3ccc(C4CCC(C(O)CC)OC4)cc3F)cc2)c(F)c1F. The summed E-state index contributed by atoms with van der Waals surface area (Å²) in [6, 6.07) is 14.7. The number of hydrogen-bond donors (Lipinski definition) is 1. The van der Waals surface area contributed by atoms with Gasteiger partial charge in [0.1, 0.15) is 5.82 Å². The molecule has 3 nitrogen and oxygen atoms in total. The van der Waals surface area contributed by atoms with Gasteiger partial charge in [0.15, 0.2) is 11.6 Å². The molecule has 6 heteroatoms. The number of aliphatic hydroxyl groups excluding tert-OH is 1. The van der Waals surface area contributed by atoms with E-state index in [9.17, 15) is 13.9 Å². The van der Waals surface area contributed by atoms with Crippen LogP contribution >= 0.6 is 0 Å². The topological polar surface area (TPSA) is 38.7 Å². The van der Waals surface area contributed by atoms with E-state index in [1.54, 1.807) is 43.3 Å². The molecule has 1 N–H and O–H groups in total. The van der Waals surface area contributed by atoms with Gasteiger partial charge >= 0.3 is 0 Å². The van der Waals surface area contributed by atoms with Crippen molar-refractivity contribution in [1.82, 2.24) is 0 Å². The Bertz CT molecular complexity index is 1180. The number of ether oxygens (including phenoxy) is 2. The summed E-state index contributed by atoms with van der Waals surface area (Å²) < 4.78 is 54.8. The van der Waals surface area contributed by atoms with E-state index in [0.29, 0.717) is 29.7 Å². The predicted molar refractivity (Wildman–Crippen MR) is 131 cm³/mol. The molecule has 1 saturated heterocycles. The fourth-order valence-electron chi connectivity index (χ4n) is 4.44. The molecule has 3 aromatic carbocycles. The molecular formula is C29H29F3O3. The number of benzene rings is 3. The highest BCUT2D eigenvalue weighted by molar-refractivity contribution is 5.71. The Labute approximate surface area is 203 Å². The molecule has 3 unspecified atom stereocenters. The van der Waals surface area contributed by atoms with Crippen molar-refractivity contribution in [2.75, 3.05) is 6.61 Å². The summed E-state index contributed by atoms with van der Waals surface area (Å²) in [4.78, 5) is 0. The Morgan fingerprint density at radius 1 is 0.971 bits per heavy atom. The van der Waals surface area contributed by atoms with Crippen molar-refractivity contribution in [1.29, 1.82) is 0 Å². The first-order valence-electron chi connectivity index (χ1n) is 11.9. The van der Waals surface area contributed by atoms with Gasteiger partial charge in [-0.15, -0.1) is 0 Å². The van der Waals surface area contributed by atoms with Crippen LogP contribution in [0.25, 0.3) is 22.3 Å². The van der Waals surface area contributed by atoms with Gasteiger partial charge in [0.25, 0.3) is 0 Å². The van der Waals surface area contributed by atoms with Crippen LogP contribution in [0.4, 0.5) is 13.2 Å². The maximum absolute atomic E-state index is 15.0. The number of halogens is 3. The van der Waals surface area contributed by atoms with E-state index < -0.39 is 17.7 Å². The summed E-state index contributed by atoms with van der Waals surface area (Å²) in [6.45, 7) is 4.09. The van der Waals surface area contributed by atoms with Gasteiger partial charge in [-0.2, -0.15) is 4.39 Å². The minimum atomic E-state index is -1.06. The minimum absolute atomic E-state index is 0.0823. The van der Waals surface area contributed by atoms with Crippen LogP contribution in [0.1, 0.15) is 44.6 Å². The quantitative estimate of drug-likeness (QED) is 0.357. The Morgan fingerprint density at radius 2 is 1.66 bits per heavy atom. The molecule has 0 amide bonds. The van der Waals surface area contributed by atoms with Crippen LogP contribution in [0.15, 0.2) is 66.9 Å². The van der Waals surface area contributed by atoms with E-state index in [1.807, 2.05) is 13.0 Å². The first kappa shape index (κ1) is 25.0. The summed E-state index contributed by atoms with van der Waals surface area (Å²) in [5.74, 6) is -2.52. The highest BCUT2D eigenvalue weighted by Gasteiger charge is 2.27. The minimum Gasteiger partial charge on any atom is -0.462 e. The van der Waals surface area contributed by atoms with E-state index >= 15 is 4.39 Å². The molecule has 4 rings (SSSR count). The summed E-state index contributed by atoms with van der Waals surface area (Å²) in [6.07, 6.45) is 4.45. The monoisotopic (exact) mass is 482 g/mol. The predicted octanol–water partition coefficient (Wildman–Crippen LogP) is 7.38. The zero-order valence-corrected chi connectivity index (χ0v) is 19.8. The van der Waals surface area contributed by atoms with Gasteiger partial charge in [0.2, 0.25) is 5.82 Å². The Kier molecular flexibility index (Phi) is 7.93. The second kappa shape index (κ2) is 11.1. The fourth-order valence-corrected chi connectivity index (χ4v) is 4.44. The lowest BCUT2D eigenvalue weighted by molar-refractivity contribution is -0.0697. The van der Waals surface area contributed by atoms with Gasteiger partial charge in [-0.05, 0) is 61.1 Å². The summed E-state index contributed by atoms with van der Waals surface area (Å²) in [5.41, 5.74) is 2.50. The number of allylic oxidation sites excluding steroid dienone is 1. The van der Waals surface area contributed by atoms with Gasteiger partial charge in [-0.25, -0.2) is 8.78 Å². The highest BCUT2D eigenvalue weighted by Crippen LogP contribution is 2.34. The van der Waals surface area contributed by atoms with Crippen LogP contribution in [0.3, 0.4) is 0 Å². The van der Waals surface area contributed by atoms with E-state index in [2.05, 4.69) is 0 Å². The molecule has 35 heavy (non-hydrogen) atoms. The van der Waals surface area contributed by atoms with Crippen LogP contribution in [-0.2, 0) is 4.74 Å².